The van der Waals surface area contributed by atoms with Crippen LogP contribution in [0.5, 0.6) is 0 Å². The Bertz CT molecular complexity index is 1200. The van der Waals surface area contributed by atoms with Gasteiger partial charge in [-0.2, -0.15) is 0 Å². The van der Waals surface area contributed by atoms with E-state index in [4.69, 9.17) is 23.1 Å². The van der Waals surface area contributed by atoms with Crippen LogP contribution in [0.1, 0.15) is 66.7 Å². The largest absolute Gasteiger partial charge is 0.398 e. The van der Waals surface area contributed by atoms with Crippen LogP contribution in [0.2, 0.25) is 5.02 Å². The number of imidazole rings is 1. The highest BCUT2D eigenvalue weighted by molar-refractivity contribution is 6.32. The lowest BCUT2D eigenvalue weighted by atomic mass is 9.85. The van der Waals surface area contributed by atoms with Gasteiger partial charge in [0.25, 0.3) is 5.91 Å². The first-order valence-corrected chi connectivity index (χ1v) is 12.4. The lowest BCUT2D eigenvalue weighted by Gasteiger charge is -2.31. The number of nitrogen functional groups attached to an aromatic ring is 1. The van der Waals surface area contributed by atoms with Gasteiger partial charge in [0.15, 0.2) is 0 Å². The molecule has 9 nitrogen and oxygen atoms in total. The molecule has 1 saturated heterocycles. The Labute approximate surface area is 217 Å². The molecular formula is C26H36ClN7O2. The highest BCUT2D eigenvalue weighted by Gasteiger charge is 2.26. The average molecular weight is 514 g/mol. The van der Waals surface area contributed by atoms with Gasteiger partial charge in [0.05, 0.1) is 12.2 Å². The molecule has 36 heavy (non-hydrogen) atoms. The molecule has 1 aromatic carbocycles. The van der Waals surface area contributed by atoms with Crippen molar-refractivity contribution in [2.24, 2.45) is 17.8 Å². The van der Waals surface area contributed by atoms with Crippen LogP contribution in [0.15, 0.2) is 29.8 Å². The summed E-state index contributed by atoms with van der Waals surface area (Å²) < 4.78 is 1.74. The summed E-state index contributed by atoms with van der Waals surface area (Å²) >= 11 is 6.40. The van der Waals surface area contributed by atoms with Gasteiger partial charge in [0.1, 0.15) is 17.4 Å². The number of hydrogen-bond acceptors (Lipinski definition) is 5. The van der Waals surface area contributed by atoms with Crippen molar-refractivity contribution < 1.29 is 9.59 Å². The molecule has 1 aliphatic rings. The molecule has 1 fully saturated rings. The number of hydrogen-bond donors (Lipinski definition) is 3. The van der Waals surface area contributed by atoms with E-state index in [1.165, 1.54) is 6.08 Å². The van der Waals surface area contributed by atoms with E-state index >= 15 is 0 Å². The summed E-state index contributed by atoms with van der Waals surface area (Å²) in [5.74, 6) is 0.607. The number of rotatable bonds is 6. The molecule has 2 heterocycles. The van der Waals surface area contributed by atoms with Crippen molar-refractivity contribution in [1.82, 2.24) is 19.8 Å². The van der Waals surface area contributed by atoms with Crippen LogP contribution in [-0.2, 0) is 23.8 Å². The number of nitrogens with zero attached hydrogens (tertiary/aromatic N) is 4. The minimum atomic E-state index is -0.198. The predicted octanol–water partition coefficient (Wildman–Crippen LogP) is 3.07. The Kier molecular flexibility index (Phi) is 8.13. The van der Waals surface area contributed by atoms with E-state index in [2.05, 4.69) is 42.6 Å². The quantitative estimate of drug-likeness (QED) is 0.236. The molecule has 1 aromatic heterocycles. The van der Waals surface area contributed by atoms with Gasteiger partial charge in [0, 0.05) is 42.5 Å². The van der Waals surface area contributed by atoms with Crippen LogP contribution in [0.3, 0.4) is 0 Å². The third kappa shape index (κ3) is 5.90. The summed E-state index contributed by atoms with van der Waals surface area (Å²) in [6, 6.07) is 3.57. The number of aryl methyl sites for hydroxylation is 1. The van der Waals surface area contributed by atoms with Gasteiger partial charge >= 0.3 is 0 Å². The second kappa shape index (κ2) is 10.7. The number of carbonyl (C=O) groups is 2. The summed E-state index contributed by atoms with van der Waals surface area (Å²) in [7, 11) is 1.79. The monoisotopic (exact) mass is 513 g/mol. The minimum Gasteiger partial charge on any atom is -0.398 e. The van der Waals surface area contributed by atoms with Crippen molar-refractivity contribution in [1.29, 1.82) is 0 Å². The number of amidine groups is 1. The first-order chi connectivity index (χ1) is 16.8. The van der Waals surface area contributed by atoms with Crippen molar-refractivity contribution in [2.45, 2.75) is 58.5 Å². The summed E-state index contributed by atoms with van der Waals surface area (Å²) in [4.78, 5) is 35.6. The van der Waals surface area contributed by atoms with Gasteiger partial charge < -0.3 is 26.3 Å². The Morgan fingerprint density at radius 1 is 1.31 bits per heavy atom. The van der Waals surface area contributed by atoms with Gasteiger partial charge in [-0.05, 0) is 49.0 Å². The Hall–Kier alpha value is -3.33. The third-order valence-corrected chi connectivity index (χ3v) is 6.82. The van der Waals surface area contributed by atoms with E-state index < -0.39 is 0 Å². The fourth-order valence-electron chi connectivity index (χ4n) is 4.40. The van der Waals surface area contributed by atoms with Gasteiger partial charge in [-0.3, -0.25) is 14.6 Å². The summed E-state index contributed by atoms with van der Waals surface area (Å²) in [5.41, 5.74) is 15.4. The Morgan fingerprint density at radius 2 is 1.94 bits per heavy atom. The van der Waals surface area contributed by atoms with E-state index in [0.29, 0.717) is 59.4 Å². The average Bonchev–Trinajstić information content (AvgIpc) is 3.09. The Morgan fingerprint density at radius 3 is 2.53 bits per heavy atom. The zero-order chi connectivity index (χ0) is 26.8. The molecule has 0 bridgehead atoms. The molecule has 2 amide bonds. The highest BCUT2D eigenvalue weighted by Crippen LogP contribution is 2.33. The Balaban J connectivity index is 1.73. The smallest absolute Gasteiger partial charge is 0.270 e. The topological polar surface area (TPSA) is 132 Å². The fourth-order valence-corrected chi connectivity index (χ4v) is 4.86. The number of aliphatic imine (C=N–C) groups is 1. The summed E-state index contributed by atoms with van der Waals surface area (Å²) in [6.07, 6.45) is 2.70. The van der Waals surface area contributed by atoms with Crippen LogP contribution in [0, 0.1) is 6.92 Å². The standard InChI is InChI=1S/C26H36ClN7O2/c1-7-22(35)34-10-8-16(9-11-34)32-25(36)23-15(2)31-21(33(23)6)14-30-24(29)17-12-18(26(3,4)5)19(27)13-20(17)28/h7,12-13,16H,1,8-11,14,28H2,2-6H3,(H2,29,30)(H,32,36). The van der Waals surface area contributed by atoms with Crippen molar-refractivity contribution >= 4 is 34.9 Å². The fraction of sp³-hybridized carbons (Fsp3) is 0.462. The van der Waals surface area contributed by atoms with Crippen LogP contribution in [0.25, 0.3) is 0 Å². The molecule has 0 spiro atoms. The second-order valence-electron chi connectivity index (χ2n) is 10.2. The normalized spacial score (nSPS) is 15.2. The first-order valence-electron chi connectivity index (χ1n) is 12.0. The summed E-state index contributed by atoms with van der Waals surface area (Å²) in [6.45, 7) is 12.9. The van der Waals surface area contributed by atoms with Gasteiger partial charge in [-0.1, -0.05) is 39.0 Å². The molecule has 0 saturated carbocycles. The molecule has 1 aliphatic heterocycles. The maximum Gasteiger partial charge on any atom is 0.270 e. The molecule has 0 aliphatic carbocycles. The lowest BCUT2D eigenvalue weighted by molar-refractivity contribution is -0.127. The predicted molar refractivity (Wildman–Crippen MR) is 144 cm³/mol. The van der Waals surface area contributed by atoms with E-state index in [-0.39, 0.29) is 35.7 Å². The molecule has 194 valence electrons. The molecule has 3 rings (SSSR count). The number of amides is 2. The van der Waals surface area contributed by atoms with E-state index in [0.717, 1.165) is 5.56 Å². The molecule has 0 atom stereocenters. The van der Waals surface area contributed by atoms with Gasteiger partial charge in [-0.15, -0.1) is 0 Å². The maximum atomic E-state index is 13.0. The number of nitrogens with one attached hydrogen (secondary N) is 1. The second-order valence-corrected chi connectivity index (χ2v) is 10.6. The molecule has 5 N–H and O–H groups in total. The zero-order valence-electron chi connectivity index (χ0n) is 21.7. The number of aromatic nitrogens is 2. The van der Waals surface area contributed by atoms with E-state index in [9.17, 15) is 9.59 Å². The van der Waals surface area contributed by atoms with Crippen LogP contribution >= 0.6 is 11.6 Å². The molecule has 2 aromatic rings. The van der Waals surface area contributed by atoms with Gasteiger partial charge in [-0.25, -0.2) is 4.98 Å². The van der Waals surface area contributed by atoms with Crippen molar-refractivity contribution in [3.8, 4) is 0 Å². The maximum absolute atomic E-state index is 13.0. The lowest BCUT2D eigenvalue weighted by Crippen LogP contribution is -2.46. The first kappa shape index (κ1) is 27.3. The van der Waals surface area contributed by atoms with E-state index in [1.54, 1.807) is 29.5 Å². The number of nitrogens with two attached hydrogens (primary N) is 2. The minimum absolute atomic E-state index is 0.0114. The van der Waals surface area contributed by atoms with Crippen LogP contribution < -0.4 is 16.8 Å². The summed E-state index contributed by atoms with van der Waals surface area (Å²) in [5, 5.41) is 3.67. The number of piperidine rings is 1. The third-order valence-electron chi connectivity index (χ3n) is 6.51. The van der Waals surface area contributed by atoms with Crippen molar-refractivity contribution in [3.05, 3.63) is 58.1 Å². The van der Waals surface area contributed by atoms with Crippen molar-refractivity contribution in [3.63, 3.8) is 0 Å². The number of anilines is 1. The number of likely N-dealkylation sites (tertiary alicyclic amines) is 1. The number of benzene rings is 1. The van der Waals surface area contributed by atoms with Crippen LogP contribution in [-0.4, -0.2) is 51.2 Å². The number of carbonyl (C=O) groups excluding carboxylic acids is 2. The van der Waals surface area contributed by atoms with Crippen molar-refractivity contribution in [2.75, 3.05) is 18.8 Å². The van der Waals surface area contributed by atoms with Gasteiger partial charge in [0.2, 0.25) is 5.91 Å². The molecule has 0 unspecified atom stereocenters. The molecule has 0 radical (unpaired) electrons. The van der Waals surface area contributed by atoms with Crippen LogP contribution in [0.4, 0.5) is 5.69 Å². The highest BCUT2D eigenvalue weighted by atomic mass is 35.5. The zero-order valence-corrected chi connectivity index (χ0v) is 22.4. The molecule has 10 heteroatoms. The SMILES string of the molecule is C=CC(=O)N1CCC(NC(=O)c2c(C)nc(CN=C(N)c3cc(C(C)(C)C)c(Cl)cc3N)n2C)CC1. The number of halogens is 1. The van der Waals surface area contributed by atoms with E-state index in [1.807, 2.05) is 6.07 Å². The molecular weight excluding hydrogens is 478 g/mol.